The van der Waals surface area contributed by atoms with Gasteiger partial charge in [-0.05, 0) is 50.3 Å². The van der Waals surface area contributed by atoms with E-state index in [2.05, 4.69) is 17.2 Å². The third kappa shape index (κ3) is 3.02. The van der Waals surface area contributed by atoms with Crippen LogP contribution in [0.3, 0.4) is 0 Å². The SMILES string of the molecule is CCO[C@@H]1C[C@@H](NC(=O)CCc2ccncc2)C12CCCC2. The zero-order valence-electron chi connectivity index (χ0n) is 13.4. The molecular weight excluding hydrogens is 276 g/mol. The first-order valence-electron chi connectivity index (χ1n) is 8.54. The van der Waals surface area contributed by atoms with E-state index in [0.717, 1.165) is 19.4 Å². The highest BCUT2D eigenvalue weighted by atomic mass is 16.5. The van der Waals surface area contributed by atoms with E-state index < -0.39 is 0 Å². The molecular formula is C18H26N2O2. The van der Waals surface area contributed by atoms with Crippen molar-refractivity contribution in [2.24, 2.45) is 5.41 Å². The molecule has 2 atom stereocenters. The summed E-state index contributed by atoms with van der Waals surface area (Å²) in [6, 6.07) is 4.26. The number of aromatic nitrogens is 1. The fraction of sp³-hybridized carbons (Fsp3) is 0.667. The summed E-state index contributed by atoms with van der Waals surface area (Å²) in [5.74, 6) is 0.169. The summed E-state index contributed by atoms with van der Waals surface area (Å²) < 4.78 is 5.90. The smallest absolute Gasteiger partial charge is 0.220 e. The van der Waals surface area contributed by atoms with Gasteiger partial charge in [-0.15, -0.1) is 0 Å². The molecule has 4 heteroatoms. The molecule has 1 aromatic rings. The number of nitrogens with one attached hydrogen (secondary N) is 1. The lowest BCUT2D eigenvalue weighted by molar-refractivity contribution is -0.144. The van der Waals surface area contributed by atoms with Crippen LogP contribution in [-0.2, 0) is 16.0 Å². The van der Waals surface area contributed by atoms with Crippen LogP contribution in [0.5, 0.6) is 0 Å². The molecule has 22 heavy (non-hydrogen) atoms. The summed E-state index contributed by atoms with van der Waals surface area (Å²) in [5.41, 5.74) is 1.39. The number of amides is 1. The van der Waals surface area contributed by atoms with Gasteiger partial charge in [0.15, 0.2) is 0 Å². The molecule has 1 N–H and O–H groups in total. The van der Waals surface area contributed by atoms with Crippen molar-refractivity contribution in [2.75, 3.05) is 6.61 Å². The normalized spacial score (nSPS) is 25.9. The average molecular weight is 302 g/mol. The Balaban J connectivity index is 1.51. The molecule has 1 spiro atoms. The Morgan fingerprint density at radius 1 is 1.36 bits per heavy atom. The Morgan fingerprint density at radius 3 is 2.77 bits per heavy atom. The molecule has 1 heterocycles. The molecule has 0 radical (unpaired) electrons. The molecule has 0 aliphatic heterocycles. The first-order valence-corrected chi connectivity index (χ1v) is 8.54. The van der Waals surface area contributed by atoms with Gasteiger partial charge in [0, 0.05) is 36.9 Å². The van der Waals surface area contributed by atoms with Gasteiger partial charge in [0.05, 0.1) is 6.10 Å². The van der Waals surface area contributed by atoms with Crippen LogP contribution in [0.15, 0.2) is 24.5 Å². The third-order valence-corrected chi connectivity index (χ3v) is 5.41. The Labute approximate surface area is 132 Å². The number of carbonyl (C=O) groups is 1. The van der Waals surface area contributed by atoms with Crippen LogP contribution in [0.4, 0.5) is 0 Å². The van der Waals surface area contributed by atoms with Crippen LogP contribution in [0.2, 0.25) is 0 Å². The number of pyridine rings is 1. The topological polar surface area (TPSA) is 51.2 Å². The van der Waals surface area contributed by atoms with Gasteiger partial charge in [0.25, 0.3) is 0 Å². The summed E-state index contributed by atoms with van der Waals surface area (Å²) in [6.45, 7) is 2.83. The van der Waals surface area contributed by atoms with Crippen molar-refractivity contribution in [1.29, 1.82) is 0 Å². The van der Waals surface area contributed by atoms with Gasteiger partial charge < -0.3 is 10.1 Å². The van der Waals surface area contributed by atoms with Gasteiger partial charge >= 0.3 is 0 Å². The molecule has 3 rings (SSSR count). The number of ether oxygens (including phenoxy) is 1. The van der Waals surface area contributed by atoms with Gasteiger partial charge in [-0.1, -0.05) is 12.8 Å². The highest BCUT2D eigenvalue weighted by molar-refractivity contribution is 5.76. The minimum absolute atomic E-state index is 0.169. The lowest BCUT2D eigenvalue weighted by Gasteiger charge is -2.54. The van der Waals surface area contributed by atoms with Crippen molar-refractivity contribution >= 4 is 5.91 Å². The lowest BCUT2D eigenvalue weighted by Crippen LogP contribution is -2.63. The Kier molecular flexibility index (Phi) is 4.77. The zero-order valence-corrected chi connectivity index (χ0v) is 13.4. The number of carbonyl (C=O) groups excluding carboxylic acids is 1. The van der Waals surface area contributed by atoms with Crippen molar-refractivity contribution < 1.29 is 9.53 Å². The van der Waals surface area contributed by atoms with Gasteiger partial charge in [-0.2, -0.15) is 0 Å². The molecule has 2 aliphatic rings. The van der Waals surface area contributed by atoms with Gasteiger partial charge in [-0.25, -0.2) is 0 Å². The zero-order chi connectivity index (χ0) is 15.4. The van der Waals surface area contributed by atoms with Gasteiger partial charge in [-0.3, -0.25) is 9.78 Å². The van der Waals surface area contributed by atoms with Crippen molar-refractivity contribution in [2.45, 2.75) is 64.0 Å². The maximum absolute atomic E-state index is 12.3. The van der Waals surface area contributed by atoms with E-state index in [9.17, 15) is 4.79 Å². The Bertz CT molecular complexity index is 497. The number of aryl methyl sites for hydroxylation is 1. The van der Waals surface area contributed by atoms with Crippen LogP contribution in [0, 0.1) is 5.41 Å². The summed E-state index contributed by atoms with van der Waals surface area (Å²) >= 11 is 0. The molecule has 2 saturated carbocycles. The Hall–Kier alpha value is -1.42. The van der Waals surface area contributed by atoms with E-state index >= 15 is 0 Å². The molecule has 0 unspecified atom stereocenters. The highest BCUT2D eigenvalue weighted by Crippen LogP contribution is 2.54. The first-order chi connectivity index (χ1) is 10.7. The second kappa shape index (κ2) is 6.78. The summed E-state index contributed by atoms with van der Waals surface area (Å²) in [6.07, 6.45) is 11.2. The van der Waals surface area contributed by atoms with Crippen LogP contribution in [0.25, 0.3) is 0 Å². The van der Waals surface area contributed by atoms with E-state index in [1.807, 2.05) is 12.1 Å². The second-order valence-electron chi connectivity index (χ2n) is 6.60. The predicted octanol–water partition coefficient (Wildman–Crippen LogP) is 2.87. The number of hydrogen-bond acceptors (Lipinski definition) is 3. The Morgan fingerprint density at radius 2 is 2.09 bits per heavy atom. The van der Waals surface area contributed by atoms with Crippen molar-refractivity contribution in [1.82, 2.24) is 10.3 Å². The molecule has 0 bridgehead atoms. The predicted molar refractivity (Wildman–Crippen MR) is 85.4 cm³/mol. The van der Waals surface area contributed by atoms with E-state index in [1.165, 1.54) is 31.2 Å². The maximum atomic E-state index is 12.3. The highest BCUT2D eigenvalue weighted by Gasteiger charge is 2.57. The number of nitrogens with zero attached hydrogens (tertiary/aromatic N) is 1. The maximum Gasteiger partial charge on any atom is 0.220 e. The second-order valence-corrected chi connectivity index (χ2v) is 6.60. The van der Waals surface area contributed by atoms with E-state index in [-0.39, 0.29) is 11.3 Å². The summed E-state index contributed by atoms with van der Waals surface area (Å²) in [4.78, 5) is 16.3. The molecule has 2 aliphatic carbocycles. The fourth-order valence-corrected chi connectivity index (χ4v) is 4.16. The van der Waals surface area contributed by atoms with Crippen LogP contribution >= 0.6 is 0 Å². The lowest BCUT2D eigenvalue weighted by atomic mass is 9.60. The fourth-order valence-electron chi connectivity index (χ4n) is 4.16. The monoisotopic (exact) mass is 302 g/mol. The first kappa shape index (κ1) is 15.5. The number of hydrogen-bond donors (Lipinski definition) is 1. The van der Waals surface area contributed by atoms with Crippen LogP contribution < -0.4 is 5.32 Å². The van der Waals surface area contributed by atoms with Crippen molar-refractivity contribution in [3.8, 4) is 0 Å². The average Bonchev–Trinajstić information content (AvgIpc) is 3.06. The summed E-state index contributed by atoms with van der Waals surface area (Å²) in [7, 11) is 0. The van der Waals surface area contributed by atoms with Crippen molar-refractivity contribution in [3.63, 3.8) is 0 Å². The van der Waals surface area contributed by atoms with E-state index in [0.29, 0.717) is 18.6 Å². The minimum atomic E-state index is 0.169. The molecule has 1 amide bonds. The summed E-state index contributed by atoms with van der Waals surface area (Å²) in [5, 5.41) is 3.27. The van der Waals surface area contributed by atoms with Gasteiger partial charge in [0.1, 0.15) is 0 Å². The van der Waals surface area contributed by atoms with E-state index in [4.69, 9.17) is 4.74 Å². The minimum Gasteiger partial charge on any atom is -0.378 e. The van der Waals surface area contributed by atoms with E-state index in [1.54, 1.807) is 12.4 Å². The molecule has 2 fully saturated rings. The number of rotatable bonds is 6. The third-order valence-electron chi connectivity index (χ3n) is 5.41. The molecule has 0 saturated heterocycles. The standard InChI is InChI=1S/C18H26N2O2/c1-2-22-16-13-15(18(16)9-3-4-10-18)20-17(21)6-5-14-7-11-19-12-8-14/h7-8,11-12,15-16H,2-6,9-10,13H2,1H3,(H,20,21)/t15-,16-/m1/s1. The molecule has 4 nitrogen and oxygen atoms in total. The van der Waals surface area contributed by atoms with Crippen LogP contribution in [-0.4, -0.2) is 29.6 Å². The quantitative estimate of drug-likeness (QED) is 0.879. The molecule has 0 aromatic carbocycles. The molecule has 1 aromatic heterocycles. The van der Waals surface area contributed by atoms with Crippen molar-refractivity contribution in [3.05, 3.63) is 30.1 Å². The van der Waals surface area contributed by atoms with Gasteiger partial charge in [0.2, 0.25) is 5.91 Å². The molecule has 120 valence electrons. The van der Waals surface area contributed by atoms with Crippen LogP contribution in [0.1, 0.15) is 51.0 Å². The largest absolute Gasteiger partial charge is 0.378 e.